The minimum absolute atomic E-state index is 0.144. The normalized spacial score (nSPS) is 12.6. The van der Waals surface area contributed by atoms with Gasteiger partial charge in [0.05, 0.1) is 12.2 Å². The Hall–Kier alpha value is -1.68. The lowest BCUT2D eigenvalue weighted by Gasteiger charge is -2.09. The fraction of sp³-hybridized carbons (Fsp3) is 0.385. The second-order valence-corrected chi connectivity index (χ2v) is 4.09. The van der Waals surface area contributed by atoms with E-state index in [2.05, 4.69) is 22.2 Å². The molecule has 90 valence electrons. The van der Waals surface area contributed by atoms with Crippen molar-refractivity contribution in [3.05, 3.63) is 47.9 Å². The Morgan fingerprint density at radius 1 is 1.35 bits per heavy atom. The number of aromatic nitrogens is 2. The summed E-state index contributed by atoms with van der Waals surface area (Å²) in [5.74, 6) is 1.60. The number of oxazole rings is 1. The molecule has 0 fully saturated rings. The Morgan fingerprint density at radius 3 is 2.76 bits per heavy atom. The summed E-state index contributed by atoms with van der Waals surface area (Å²) in [6.45, 7) is 4.85. The monoisotopic (exact) mass is 231 g/mol. The lowest BCUT2D eigenvalue weighted by atomic mass is 10.2. The molecule has 0 aliphatic heterocycles. The van der Waals surface area contributed by atoms with E-state index in [9.17, 15) is 0 Å². The summed E-state index contributed by atoms with van der Waals surface area (Å²) in [7, 11) is 0. The number of aryl methyl sites for hydroxylation is 1. The molecule has 0 spiro atoms. The van der Waals surface area contributed by atoms with Crippen molar-refractivity contribution < 1.29 is 4.42 Å². The molecule has 17 heavy (non-hydrogen) atoms. The molecule has 1 atom stereocenters. The third-order valence-electron chi connectivity index (χ3n) is 2.62. The number of nitrogens with one attached hydrogen (secondary N) is 1. The first kappa shape index (κ1) is 11.8. The van der Waals surface area contributed by atoms with Gasteiger partial charge in [0.1, 0.15) is 5.76 Å². The SMILES string of the molecule is Cc1cnc(C(C)NCCc2ccncc2)o1. The van der Waals surface area contributed by atoms with Crippen LogP contribution in [0.3, 0.4) is 0 Å². The van der Waals surface area contributed by atoms with E-state index in [4.69, 9.17) is 4.42 Å². The van der Waals surface area contributed by atoms with Gasteiger partial charge in [-0.05, 0) is 44.5 Å². The lowest BCUT2D eigenvalue weighted by molar-refractivity contribution is 0.404. The van der Waals surface area contributed by atoms with Gasteiger partial charge >= 0.3 is 0 Å². The van der Waals surface area contributed by atoms with Crippen molar-refractivity contribution in [2.24, 2.45) is 0 Å². The van der Waals surface area contributed by atoms with E-state index in [-0.39, 0.29) is 6.04 Å². The molecular formula is C13H17N3O. The van der Waals surface area contributed by atoms with Crippen LogP contribution >= 0.6 is 0 Å². The zero-order chi connectivity index (χ0) is 12.1. The van der Waals surface area contributed by atoms with Crippen molar-refractivity contribution in [3.8, 4) is 0 Å². The number of pyridine rings is 1. The maximum absolute atomic E-state index is 5.46. The highest BCUT2D eigenvalue weighted by Gasteiger charge is 2.09. The number of hydrogen-bond donors (Lipinski definition) is 1. The van der Waals surface area contributed by atoms with Crippen LogP contribution in [0.5, 0.6) is 0 Å². The summed E-state index contributed by atoms with van der Waals surface area (Å²) in [6.07, 6.45) is 6.36. The Labute approximate surface area is 101 Å². The van der Waals surface area contributed by atoms with Crippen LogP contribution in [0, 0.1) is 6.92 Å². The molecule has 1 unspecified atom stereocenters. The standard InChI is InChI=1S/C13H17N3O/c1-10-9-16-13(17-10)11(2)15-8-5-12-3-6-14-7-4-12/h3-4,6-7,9,11,15H,5,8H2,1-2H3. The molecule has 2 aromatic rings. The van der Waals surface area contributed by atoms with Crippen LogP contribution < -0.4 is 5.32 Å². The van der Waals surface area contributed by atoms with Crippen LogP contribution in [-0.4, -0.2) is 16.5 Å². The number of rotatable bonds is 5. The Balaban J connectivity index is 1.79. The molecule has 2 heterocycles. The maximum Gasteiger partial charge on any atom is 0.211 e. The summed E-state index contributed by atoms with van der Waals surface area (Å²) >= 11 is 0. The van der Waals surface area contributed by atoms with Crippen molar-refractivity contribution in [3.63, 3.8) is 0 Å². The molecule has 0 aliphatic rings. The summed E-state index contributed by atoms with van der Waals surface area (Å²) < 4.78 is 5.46. The number of nitrogens with zero attached hydrogens (tertiary/aromatic N) is 2. The smallest absolute Gasteiger partial charge is 0.211 e. The third kappa shape index (κ3) is 3.39. The van der Waals surface area contributed by atoms with Gasteiger partial charge in [-0.1, -0.05) is 0 Å². The minimum atomic E-state index is 0.144. The van der Waals surface area contributed by atoms with E-state index in [1.54, 1.807) is 6.20 Å². The van der Waals surface area contributed by atoms with Gasteiger partial charge in [-0.2, -0.15) is 0 Å². The molecular weight excluding hydrogens is 214 g/mol. The topological polar surface area (TPSA) is 51.0 Å². The van der Waals surface area contributed by atoms with Gasteiger partial charge in [-0.3, -0.25) is 4.98 Å². The maximum atomic E-state index is 5.46. The molecule has 0 saturated carbocycles. The first-order chi connectivity index (χ1) is 8.25. The zero-order valence-corrected chi connectivity index (χ0v) is 10.2. The highest BCUT2D eigenvalue weighted by Crippen LogP contribution is 2.11. The Kier molecular flexibility index (Phi) is 3.88. The summed E-state index contributed by atoms with van der Waals surface area (Å²) in [4.78, 5) is 8.20. The van der Waals surface area contributed by atoms with Crippen LogP contribution in [0.4, 0.5) is 0 Å². The predicted octanol–water partition coefficient (Wildman–Crippen LogP) is 2.27. The highest BCUT2D eigenvalue weighted by atomic mass is 16.4. The second-order valence-electron chi connectivity index (χ2n) is 4.09. The quantitative estimate of drug-likeness (QED) is 0.857. The van der Waals surface area contributed by atoms with Crippen molar-refractivity contribution in [2.75, 3.05) is 6.54 Å². The fourth-order valence-corrected chi connectivity index (χ4v) is 1.64. The Bertz CT molecular complexity index is 453. The van der Waals surface area contributed by atoms with Crippen LogP contribution in [0.25, 0.3) is 0 Å². The molecule has 0 aromatic carbocycles. The average Bonchev–Trinajstić information content (AvgIpc) is 2.77. The molecule has 2 aromatic heterocycles. The summed E-state index contributed by atoms with van der Waals surface area (Å²) in [5, 5.41) is 3.38. The average molecular weight is 231 g/mol. The molecule has 1 N–H and O–H groups in total. The molecule has 0 amide bonds. The third-order valence-corrected chi connectivity index (χ3v) is 2.62. The molecule has 0 saturated heterocycles. The van der Waals surface area contributed by atoms with Crippen molar-refractivity contribution >= 4 is 0 Å². The first-order valence-corrected chi connectivity index (χ1v) is 5.80. The largest absolute Gasteiger partial charge is 0.444 e. The van der Waals surface area contributed by atoms with Crippen LogP contribution in [0.15, 0.2) is 35.1 Å². The van der Waals surface area contributed by atoms with Gasteiger partial charge in [-0.15, -0.1) is 0 Å². The van der Waals surface area contributed by atoms with Crippen LogP contribution in [0.2, 0.25) is 0 Å². The van der Waals surface area contributed by atoms with E-state index >= 15 is 0 Å². The molecule has 0 bridgehead atoms. The van der Waals surface area contributed by atoms with Crippen LogP contribution in [-0.2, 0) is 6.42 Å². The fourth-order valence-electron chi connectivity index (χ4n) is 1.64. The van der Waals surface area contributed by atoms with Crippen LogP contribution in [0.1, 0.15) is 30.2 Å². The molecule has 4 nitrogen and oxygen atoms in total. The van der Waals surface area contributed by atoms with Gasteiger partial charge in [0.25, 0.3) is 0 Å². The van der Waals surface area contributed by atoms with Crippen molar-refractivity contribution in [1.82, 2.24) is 15.3 Å². The van der Waals surface area contributed by atoms with E-state index in [0.29, 0.717) is 0 Å². The number of hydrogen-bond acceptors (Lipinski definition) is 4. The molecule has 4 heteroatoms. The predicted molar refractivity (Wildman–Crippen MR) is 65.6 cm³/mol. The minimum Gasteiger partial charge on any atom is -0.444 e. The van der Waals surface area contributed by atoms with Gasteiger partial charge in [-0.25, -0.2) is 4.98 Å². The van der Waals surface area contributed by atoms with Gasteiger partial charge in [0, 0.05) is 12.4 Å². The van der Waals surface area contributed by atoms with Gasteiger partial charge in [0.15, 0.2) is 0 Å². The van der Waals surface area contributed by atoms with E-state index in [1.165, 1.54) is 5.56 Å². The molecule has 0 radical (unpaired) electrons. The van der Waals surface area contributed by atoms with E-state index in [0.717, 1.165) is 24.6 Å². The van der Waals surface area contributed by atoms with E-state index < -0.39 is 0 Å². The van der Waals surface area contributed by atoms with Gasteiger partial charge < -0.3 is 9.73 Å². The Morgan fingerprint density at radius 2 is 2.12 bits per heavy atom. The van der Waals surface area contributed by atoms with Crippen molar-refractivity contribution in [1.29, 1.82) is 0 Å². The lowest BCUT2D eigenvalue weighted by Crippen LogP contribution is -2.21. The highest BCUT2D eigenvalue weighted by molar-refractivity contribution is 5.10. The first-order valence-electron chi connectivity index (χ1n) is 5.80. The summed E-state index contributed by atoms with van der Waals surface area (Å²) in [5.41, 5.74) is 1.28. The molecule has 2 rings (SSSR count). The second kappa shape index (κ2) is 5.59. The van der Waals surface area contributed by atoms with E-state index in [1.807, 2.05) is 31.5 Å². The van der Waals surface area contributed by atoms with Gasteiger partial charge in [0.2, 0.25) is 5.89 Å². The molecule has 0 aliphatic carbocycles. The van der Waals surface area contributed by atoms with Crippen molar-refractivity contribution in [2.45, 2.75) is 26.3 Å². The zero-order valence-electron chi connectivity index (χ0n) is 10.2. The summed E-state index contributed by atoms with van der Waals surface area (Å²) in [6, 6.07) is 4.20.